The number of fused-ring (bicyclic) bond motifs is 1. The van der Waals surface area contributed by atoms with Gasteiger partial charge in [0.15, 0.2) is 0 Å². The Morgan fingerprint density at radius 1 is 1.40 bits per heavy atom. The monoisotopic (exact) mass is 304 g/mol. The van der Waals surface area contributed by atoms with Crippen molar-refractivity contribution < 1.29 is 18.0 Å². The molecule has 0 saturated heterocycles. The zero-order chi connectivity index (χ0) is 14.9. The third-order valence-corrected chi connectivity index (χ3v) is 3.69. The number of halogens is 3. The van der Waals surface area contributed by atoms with Crippen LogP contribution in [0.4, 0.5) is 18.9 Å². The molecule has 2 aromatic heterocycles. The number of nitrogen functional groups attached to an aromatic ring is 1. The van der Waals surface area contributed by atoms with Gasteiger partial charge in [-0.1, -0.05) is 0 Å². The highest BCUT2D eigenvalue weighted by atomic mass is 32.1. The fourth-order valence-electron chi connectivity index (χ4n) is 1.69. The van der Waals surface area contributed by atoms with Gasteiger partial charge in [0.1, 0.15) is 21.8 Å². The highest BCUT2D eigenvalue weighted by Gasteiger charge is 2.34. The number of amides is 1. The van der Waals surface area contributed by atoms with Gasteiger partial charge in [0.2, 0.25) is 0 Å². The molecule has 0 bridgehead atoms. The van der Waals surface area contributed by atoms with E-state index in [1.54, 1.807) is 0 Å². The molecule has 0 saturated carbocycles. The van der Waals surface area contributed by atoms with Crippen molar-refractivity contribution in [3.05, 3.63) is 17.3 Å². The standard InChI is InChI=1S/C11H11F3N4OS/c1-2-18(5-11(12,13)14)10(19)8-6(15)7-9(20-8)17-4-3-16-7/h3-4H,2,5,15H2,1H3. The number of alkyl halides is 3. The van der Waals surface area contributed by atoms with Gasteiger partial charge in [-0.15, -0.1) is 11.3 Å². The van der Waals surface area contributed by atoms with Gasteiger partial charge >= 0.3 is 6.18 Å². The van der Waals surface area contributed by atoms with E-state index in [1.807, 2.05) is 0 Å². The average Bonchev–Trinajstić information content (AvgIpc) is 2.72. The van der Waals surface area contributed by atoms with Crippen molar-refractivity contribution in [2.45, 2.75) is 13.1 Å². The molecular weight excluding hydrogens is 293 g/mol. The summed E-state index contributed by atoms with van der Waals surface area (Å²) < 4.78 is 37.3. The molecule has 108 valence electrons. The second-order valence-corrected chi connectivity index (χ2v) is 4.99. The Morgan fingerprint density at radius 3 is 2.60 bits per heavy atom. The van der Waals surface area contributed by atoms with Crippen LogP contribution in [0.3, 0.4) is 0 Å². The molecule has 5 nitrogen and oxygen atoms in total. The molecule has 1 amide bonds. The van der Waals surface area contributed by atoms with Gasteiger partial charge in [-0.25, -0.2) is 9.97 Å². The molecule has 9 heteroatoms. The maximum absolute atomic E-state index is 12.4. The normalized spacial score (nSPS) is 11.8. The number of carbonyl (C=O) groups is 1. The minimum atomic E-state index is -4.45. The van der Waals surface area contributed by atoms with E-state index in [1.165, 1.54) is 19.3 Å². The molecule has 0 fully saturated rings. The Bertz CT molecular complexity index is 640. The largest absolute Gasteiger partial charge is 0.406 e. The second-order valence-electron chi connectivity index (χ2n) is 3.99. The van der Waals surface area contributed by atoms with Crippen molar-refractivity contribution in [3.63, 3.8) is 0 Å². The number of rotatable bonds is 3. The van der Waals surface area contributed by atoms with E-state index in [4.69, 9.17) is 5.73 Å². The Labute approximate surface area is 116 Å². The predicted molar refractivity (Wildman–Crippen MR) is 69.5 cm³/mol. The lowest BCUT2D eigenvalue weighted by atomic mass is 10.3. The zero-order valence-corrected chi connectivity index (χ0v) is 11.3. The highest BCUT2D eigenvalue weighted by Crippen LogP contribution is 2.32. The first-order chi connectivity index (χ1) is 9.33. The van der Waals surface area contributed by atoms with Crippen molar-refractivity contribution in [2.24, 2.45) is 0 Å². The van der Waals surface area contributed by atoms with Gasteiger partial charge in [-0.2, -0.15) is 13.2 Å². The van der Waals surface area contributed by atoms with E-state index in [9.17, 15) is 18.0 Å². The molecule has 2 N–H and O–H groups in total. The number of aromatic nitrogens is 2. The molecule has 0 radical (unpaired) electrons. The molecule has 0 aliphatic rings. The molecule has 0 spiro atoms. The minimum Gasteiger partial charge on any atom is -0.396 e. The van der Waals surface area contributed by atoms with Crippen LogP contribution in [0.15, 0.2) is 12.4 Å². The van der Waals surface area contributed by atoms with Gasteiger partial charge < -0.3 is 10.6 Å². The average molecular weight is 304 g/mol. The molecule has 0 unspecified atom stereocenters. The van der Waals surface area contributed by atoms with Crippen LogP contribution < -0.4 is 5.73 Å². The Kier molecular flexibility index (Phi) is 3.80. The summed E-state index contributed by atoms with van der Waals surface area (Å²) in [5.41, 5.74) is 6.19. The van der Waals surface area contributed by atoms with E-state index < -0.39 is 18.6 Å². The maximum atomic E-state index is 12.4. The van der Waals surface area contributed by atoms with E-state index in [2.05, 4.69) is 9.97 Å². The molecule has 0 aromatic carbocycles. The summed E-state index contributed by atoms with van der Waals surface area (Å²) in [6, 6.07) is 0. The molecule has 2 rings (SSSR count). The van der Waals surface area contributed by atoms with Crippen molar-refractivity contribution in [3.8, 4) is 0 Å². The molecule has 20 heavy (non-hydrogen) atoms. The quantitative estimate of drug-likeness (QED) is 0.944. The summed E-state index contributed by atoms with van der Waals surface area (Å²) in [5.74, 6) is -0.757. The lowest BCUT2D eigenvalue weighted by Crippen LogP contribution is -2.38. The first-order valence-electron chi connectivity index (χ1n) is 5.68. The molecule has 2 heterocycles. The van der Waals surface area contributed by atoms with Gasteiger partial charge in [0.25, 0.3) is 5.91 Å². The van der Waals surface area contributed by atoms with Crippen LogP contribution in [-0.2, 0) is 0 Å². The lowest BCUT2D eigenvalue weighted by molar-refractivity contribution is -0.140. The number of thiophene rings is 1. The number of carbonyl (C=O) groups excluding carboxylic acids is 1. The molecule has 0 atom stereocenters. The van der Waals surface area contributed by atoms with Gasteiger partial charge in [0, 0.05) is 18.9 Å². The SMILES string of the molecule is CCN(CC(F)(F)F)C(=O)c1sc2nccnc2c1N. The summed E-state index contributed by atoms with van der Waals surface area (Å²) in [5, 5.41) is 0. The number of anilines is 1. The fourth-order valence-corrected chi connectivity index (χ4v) is 2.68. The Balaban J connectivity index is 2.37. The van der Waals surface area contributed by atoms with E-state index in [0.29, 0.717) is 15.2 Å². The number of hydrogen-bond acceptors (Lipinski definition) is 5. The number of nitrogens with two attached hydrogens (primary N) is 1. The van der Waals surface area contributed by atoms with Crippen molar-refractivity contribution in [2.75, 3.05) is 18.8 Å². The summed E-state index contributed by atoms with van der Waals surface area (Å²) in [6.45, 7) is 0.105. The number of hydrogen-bond donors (Lipinski definition) is 1. The first-order valence-corrected chi connectivity index (χ1v) is 6.50. The summed E-state index contributed by atoms with van der Waals surface area (Å²) in [4.78, 5) is 21.3. The fraction of sp³-hybridized carbons (Fsp3) is 0.364. The minimum absolute atomic E-state index is 0.0392. The summed E-state index contributed by atoms with van der Waals surface area (Å²) in [7, 11) is 0. The third-order valence-electron chi connectivity index (χ3n) is 2.60. The van der Waals surface area contributed by atoms with Crippen LogP contribution in [0.1, 0.15) is 16.6 Å². The molecule has 2 aromatic rings. The second kappa shape index (κ2) is 5.23. The van der Waals surface area contributed by atoms with E-state index in [-0.39, 0.29) is 17.1 Å². The van der Waals surface area contributed by atoms with Crippen LogP contribution in [0, 0.1) is 0 Å². The Hall–Kier alpha value is -1.90. The van der Waals surface area contributed by atoms with Crippen molar-refractivity contribution in [1.82, 2.24) is 14.9 Å². The van der Waals surface area contributed by atoms with Crippen LogP contribution >= 0.6 is 11.3 Å². The predicted octanol–water partition coefficient (Wildman–Crippen LogP) is 2.30. The third kappa shape index (κ3) is 2.82. The smallest absolute Gasteiger partial charge is 0.396 e. The van der Waals surface area contributed by atoms with Crippen LogP contribution in [0.5, 0.6) is 0 Å². The zero-order valence-electron chi connectivity index (χ0n) is 10.4. The molecule has 0 aliphatic carbocycles. The topological polar surface area (TPSA) is 72.1 Å². The van der Waals surface area contributed by atoms with Crippen LogP contribution in [0.2, 0.25) is 0 Å². The molecular formula is C11H11F3N4OS. The van der Waals surface area contributed by atoms with E-state index >= 15 is 0 Å². The number of nitrogens with zero attached hydrogens (tertiary/aromatic N) is 3. The van der Waals surface area contributed by atoms with Gasteiger partial charge in [0.05, 0.1) is 5.69 Å². The van der Waals surface area contributed by atoms with Crippen LogP contribution in [0.25, 0.3) is 10.3 Å². The highest BCUT2D eigenvalue weighted by molar-refractivity contribution is 7.21. The first kappa shape index (κ1) is 14.5. The van der Waals surface area contributed by atoms with Crippen LogP contribution in [-0.4, -0.2) is 40.0 Å². The Morgan fingerprint density at radius 2 is 2.05 bits per heavy atom. The summed E-state index contributed by atoms with van der Waals surface area (Å²) >= 11 is 0.945. The van der Waals surface area contributed by atoms with Crippen molar-refractivity contribution >= 4 is 33.3 Å². The maximum Gasteiger partial charge on any atom is 0.406 e. The molecule has 0 aliphatic heterocycles. The van der Waals surface area contributed by atoms with Crippen molar-refractivity contribution in [1.29, 1.82) is 0 Å². The summed E-state index contributed by atoms with van der Waals surface area (Å²) in [6.07, 6.45) is -1.61. The van der Waals surface area contributed by atoms with E-state index in [0.717, 1.165) is 11.3 Å². The lowest BCUT2D eigenvalue weighted by Gasteiger charge is -2.21. The van der Waals surface area contributed by atoms with Gasteiger partial charge in [-0.3, -0.25) is 4.79 Å². The van der Waals surface area contributed by atoms with Gasteiger partial charge in [-0.05, 0) is 6.92 Å².